The van der Waals surface area contributed by atoms with Crippen molar-refractivity contribution >= 4 is 52.4 Å². The number of hydrogen-bond donors (Lipinski definition) is 2. The highest BCUT2D eigenvalue weighted by Crippen LogP contribution is 2.32. The van der Waals surface area contributed by atoms with E-state index in [0.717, 1.165) is 32.1 Å². The molecule has 4 rings (SSSR count). The van der Waals surface area contributed by atoms with E-state index >= 15 is 0 Å². The number of nitrogens with zero attached hydrogens (tertiary/aromatic N) is 1. The average Bonchev–Trinajstić information content (AvgIpc) is 2.95. The van der Waals surface area contributed by atoms with E-state index in [1.165, 1.54) is 11.0 Å². The molecule has 2 N–H and O–H groups in total. The van der Waals surface area contributed by atoms with Gasteiger partial charge in [0.1, 0.15) is 0 Å². The summed E-state index contributed by atoms with van der Waals surface area (Å²) < 4.78 is 0. The summed E-state index contributed by atoms with van der Waals surface area (Å²) in [6, 6.07) is 8.91. The number of hydrogen-bond acceptors (Lipinski definition) is 3. The molecular weight excluding hydrogens is 413 g/mol. The van der Waals surface area contributed by atoms with Gasteiger partial charge in [0, 0.05) is 16.8 Å². The Morgan fingerprint density at radius 3 is 2.34 bits per heavy atom. The van der Waals surface area contributed by atoms with Gasteiger partial charge in [-0.15, -0.1) is 0 Å². The minimum Gasteiger partial charge on any atom is -0.308 e. The summed E-state index contributed by atoms with van der Waals surface area (Å²) in [5.41, 5.74) is 1.53. The maximum Gasteiger partial charge on any atom is 0.323 e. The molecule has 29 heavy (non-hydrogen) atoms. The Balaban J connectivity index is 1.49. The van der Waals surface area contributed by atoms with Gasteiger partial charge in [-0.2, -0.15) is 0 Å². The first-order valence-electron chi connectivity index (χ1n) is 9.49. The number of fused-ring (bicyclic) bond motifs is 1. The van der Waals surface area contributed by atoms with Gasteiger partial charge in [-0.25, -0.2) is 4.79 Å². The second-order valence-electron chi connectivity index (χ2n) is 7.24. The molecule has 8 heteroatoms. The molecule has 0 bridgehead atoms. The van der Waals surface area contributed by atoms with Crippen molar-refractivity contribution in [3.8, 4) is 0 Å². The van der Waals surface area contributed by atoms with Gasteiger partial charge in [0.05, 0.1) is 21.8 Å². The molecule has 0 radical (unpaired) electrons. The van der Waals surface area contributed by atoms with Crippen LogP contribution in [0.4, 0.5) is 16.2 Å². The summed E-state index contributed by atoms with van der Waals surface area (Å²) >= 11 is 11.9. The monoisotopic (exact) mass is 431 g/mol. The standard InChI is InChI=1S/C21H19Cl2N3O3/c22-12-6-9-18(17(23)10-12)25-21(29)24-13-7-8-15-16(11-13)20(28)26(19(15)27)14-4-2-1-3-5-14/h6-11,14H,1-5H2,(H2,24,25,29). The Morgan fingerprint density at radius 1 is 0.897 bits per heavy atom. The summed E-state index contributed by atoms with van der Waals surface area (Å²) in [5, 5.41) is 6.07. The number of rotatable bonds is 3. The van der Waals surface area contributed by atoms with Crippen LogP contribution in [0.1, 0.15) is 52.8 Å². The number of carbonyl (C=O) groups is 3. The Morgan fingerprint density at radius 2 is 1.62 bits per heavy atom. The van der Waals surface area contributed by atoms with Crippen molar-refractivity contribution in [3.63, 3.8) is 0 Å². The van der Waals surface area contributed by atoms with E-state index in [9.17, 15) is 14.4 Å². The Hall–Kier alpha value is -2.57. The van der Waals surface area contributed by atoms with Gasteiger partial charge in [-0.05, 0) is 49.2 Å². The van der Waals surface area contributed by atoms with Crippen molar-refractivity contribution in [1.82, 2.24) is 4.90 Å². The Kier molecular flexibility index (Phi) is 5.48. The zero-order valence-electron chi connectivity index (χ0n) is 15.5. The first-order valence-corrected chi connectivity index (χ1v) is 10.2. The average molecular weight is 432 g/mol. The van der Waals surface area contributed by atoms with Crippen LogP contribution >= 0.6 is 23.2 Å². The lowest BCUT2D eigenvalue weighted by Gasteiger charge is -2.29. The molecule has 4 amide bonds. The van der Waals surface area contributed by atoms with Crippen LogP contribution in [-0.4, -0.2) is 28.8 Å². The van der Waals surface area contributed by atoms with Crippen LogP contribution in [0.25, 0.3) is 0 Å². The van der Waals surface area contributed by atoms with Crippen molar-refractivity contribution in [2.75, 3.05) is 10.6 Å². The fourth-order valence-electron chi connectivity index (χ4n) is 3.88. The van der Waals surface area contributed by atoms with Crippen LogP contribution in [0, 0.1) is 0 Å². The number of halogens is 2. The maximum absolute atomic E-state index is 12.9. The second-order valence-corrected chi connectivity index (χ2v) is 8.08. The molecule has 2 aromatic carbocycles. The van der Waals surface area contributed by atoms with Crippen molar-refractivity contribution < 1.29 is 14.4 Å². The van der Waals surface area contributed by atoms with Gasteiger partial charge in [0.25, 0.3) is 11.8 Å². The smallest absolute Gasteiger partial charge is 0.308 e. The summed E-state index contributed by atoms with van der Waals surface area (Å²) in [7, 11) is 0. The third-order valence-corrected chi connectivity index (χ3v) is 5.84. The largest absolute Gasteiger partial charge is 0.323 e. The molecule has 0 aromatic heterocycles. The topological polar surface area (TPSA) is 78.5 Å². The molecule has 1 saturated carbocycles. The fourth-order valence-corrected chi connectivity index (χ4v) is 4.34. The lowest BCUT2D eigenvalue weighted by Crippen LogP contribution is -2.40. The van der Waals surface area contributed by atoms with Crippen LogP contribution in [0.3, 0.4) is 0 Å². The summed E-state index contributed by atoms with van der Waals surface area (Å²) in [6.07, 6.45) is 4.89. The van der Waals surface area contributed by atoms with E-state index in [4.69, 9.17) is 23.2 Å². The van der Waals surface area contributed by atoms with E-state index in [1.807, 2.05) is 0 Å². The highest BCUT2D eigenvalue weighted by molar-refractivity contribution is 6.36. The zero-order chi connectivity index (χ0) is 20.5. The third-order valence-electron chi connectivity index (χ3n) is 5.30. The number of nitrogens with one attached hydrogen (secondary N) is 2. The minimum atomic E-state index is -0.518. The van der Waals surface area contributed by atoms with Crippen LogP contribution in [-0.2, 0) is 0 Å². The molecule has 0 saturated heterocycles. The van der Waals surface area contributed by atoms with Crippen LogP contribution in [0.15, 0.2) is 36.4 Å². The maximum atomic E-state index is 12.9. The molecule has 0 spiro atoms. The Labute approximate surface area is 178 Å². The summed E-state index contributed by atoms with van der Waals surface area (Å²) in [6.45, 7) is 0. The first kappa shape index (κ1) is 19.7. The Bertz CT molecular complexity index is 1000. The highest BCUT2D eigenvalue weighted by Gasteiger charge is 2.40. The fraction of sp³-hybridized carbons (Fsp3) is 0.286. The predicted molar refractivity (Wildman–Crippen MR) is 113 cm³/mol. The molecule has 150 valence electrons. The normalized spacial score (nSPS) is 16.7. The highest BCUT2D eigenvalue weighted by atomic mass is 35.5. The lowest BCUT2D eigenvalue weighted by molar-refractivity contribution is 0.0549. The van der Waals surface area contributed by atoms with Crippen molar-refractivity contribution in [1.29, 1.82) is 0 Å². The number of benzene rings is 2. The van der Waals surface area contributed by atoms with E-state index in [-0.39, 0.29) is 17.9 Å². The molecule has 2 aromatic rings. The van der Waals surface area contributed by atoms with E-state index in [2.05, 4.69) is 10.6 Å². The number of urea groups is 1. The van der Waals surface area contributed by atoms with Gasteiger partial charge >= 0.3 is 6.03 Å². The van der Waals surface area contributed by atoms with E-state index < -0.39 is 6.03 Å². The molecule has 0 unspecified atom stereocenters. The molecular formula is C21H19Cl2N3O3. The van der Waals surface area contributed by atoms with Crippen molar-refractivity contribution in [3.05, 3.63) is 57.6 Å². The molecule has 1 fully saturated rings. The summed E-state index contributed by atoms with van der Waals surface area (Å²) in [5.74, 6) is -0.539. The molecule has 2 aliphatic rings. The van der Waals surface area contributed by atoms with E-state index in [1.54, 1.807) is 30.3 Å². The van der Waals surface area contributed by atoms with Gasteiger partial charge in [0.2, 0.25) is 0 Å². The molecule has 0 atom stereocenters. The molecule has 6 nitrogen and oxygen atoms in total. The molecule has 1 aliphatic carbocycles. The second kappa shape index (κ2) is 8.05. The molecule has 1 aliphatic heterocycles. The number of anilines is 2. The van der Waals surface area contributed by atoms with E-state index in [0.29, 0.717) is 32.5 Å². The number of imide groups is 1. The van der Waals surface area contributed by atoms with Crippen LogP contribution < -0.4 is 10.6 Å². The van der Waals surface area contributed by atoms with Crippen molar-refractivity contribution in [2.24, 2.45) is 0 Å². The number of carbonyl (C=O) groups excluding carboxylic acids is 3. The summed E-state index contributed by atoms with van der Waals surface area (Å²) in [4.78, 5) is 39.3. The minimum absolute atomic E-state index is 0.0390. The van der Waals surface area contributed by atoms with Gasteiger partial charge < -0.3 is 10.6 Å². The van der Waals surface area contributed by atoms with Crippen molar-refractivity contribution in [2.45, 2.75) is 38.1 Å². The first-order chi connectivity index (χ1) is 13.9. The third kappa shape index (κ3) is 3.95. The predicted octanol–water partition coefficient (Wildman–Crippen LogP) is 5.57. The van der Waals surface area contributed by atoms with Gasteiger partial charge in [-0.3, -0.25) is 14.5 Å². The zero-order valence-corrected chi connectivity index (χ0v) is 17.0. The lowest BCUT2D eigenvalue weighted by atomic mass is 9.94. The van der Waals surface area contributed by atoms with Gasteiger partial charge in [0.15, 0.2) is 0 Å². The quantitative estimate of drug-likeness (QED) is 0.623. The van der Waals surface area contributed by atoms with Crippen LogP contribution in [0.5, 0.6) is 0 Å². The van der Waals surface area contributed by atoms with Crippen LogP contribution in [0.2, 0.25) is 10.0 Å². The SMILES string of the molecule is O=C(Nc1ccc2c(c1)C(=O)N(C1CCCCC1)C2=O)Nc1ccc(Cl)cc1Cl. The number of amides is 4. The molecule has 1 heterocycles. The van der Waals surface area contributed by atoms with Gasteiger partial charge in [-0.1, -0.05) is 42.5 Å².